The number of hydrogen-bond acceptors (Lipinski definition) is 6. The van der Waals surface area contributed by atoms with Crippen LogP contribution in [0.1, 0.15) is 12.5 Å². The number of pyridine rings is 2. The second kappa shape index (κ2) is 7.11. The number of anilines is 2. The molecule has 7 heteroatoms. The van der Waals surface area contributed by atoms with Gasteiger partial charge in [-0.05, 0) is 43.3 Å². The number of nitrogens with one attached hydrogen (secondary N) is 1. The molecule has 0 aliphatic rings. The minimum atomic E-state index is -0.302. The van der Waals surface area contributed by atoms with Crippen LogP contribution in [-0.2, 0) is 11.2 Å². The summed E-state index contributed by atoms with van der Waals surface area (Å²) in [6.45, 7) is 1.45. The number of benzene rings is 1. The summed E-state index contributed by atoms with van der Waals surface area (Å²) in [6, 6.07) is 12.9. The van der Waals surface area contributed by atoms with Gasteiger partial charge in [0.05, 0.1) is 18.2 Å². The highest BCUT2D eigenvalue weighted by atomic mass is 16.5. The van der Waals surface area contributed by atoms with Crippen LogP contribution < -0.4 is 15.6 Å². The second-order valence-corrected chi connectivity index (χ2v) is 6.43. The monoisotopic (exact) mass is 374 g/mol. The van der Waals surface area contributed by atoms with Gasteiger partial charge in [0.15, 0.2) is 11.4 Å². The molecule has 28 heavy (non-hydrogen) atoms. The first-order chi connectivity index (χ1) is 13.6. The Morgan fingerprint density at radius 2 is 2.07 bits per heavy atom. The van der Waals surface area contributed by atoms with Crippen molar-refractivity contribution in [1.82, 2.24) is 14.4 Å². The number of Topliss-reactive ketones (excluding diaryl/α,β-unsaturated/α-hetero) is 1. The maximum atomic E-state index is 13.0. The molecular weight excluding hydrogens is 356 g/mol. The van der Waals surface area contributed by atoms with Crippen molar-refractivity contribution in [2.24, 2.45) is 0 Å². The van der Waals surface area contributed by atoms with E-state index < -0.39 is 0 Å². The smallest absolute Gasteiger partial charge is 0.263 e. The molecule has 3 heterocycles. The quantitative estimate of drug-likeness (QED) is 0.578. The highest BCUT2D eigenvalue weighted by Crippen LogP contribution is 2.24. The van der Waals surface area contributed by atoms with E-state index in [-0.39, 0.29) is 17.8 Å². The van der Waals surface area contributed by atoms with Crippen LogP contribution in [0.15, 0.2) is 59.7 Å². The van der Waals surface area contributed by atoms with Crippen LogP contribution in [0.2, 0.25) is 0 Å². The Bertz CT molecular complexity index is 1260. The van der Waals surface area contributed by atoms with Gasteiger partial charge in [-0.2, -0.15) is 0 Å². The lowest BCUT2D eigenvalue weighted by atomic mass is 10.1. The number of ether oxygens (including phenoxy) is 1. The molecule has 0 atom stereocenters. The number of fused-ring (bicyclic) bond motifs is 2. The molecular formula is C21H18N4O3. The van der Waals surface area contributed by atoms with Crippen LogP contribution in [0, 0.1) is 0 Å². The Balaban J connectivity index is 1.89. The zero-order valence-electron chi connectivity index (χ0n) is 15.5. The molecule has 140 valence electrons. The first kappa shape index (κ1) is 17.7. The van der Waals surface area contributed by atoms with Gasteiger partial charge in [-0.15, -0.1) is 0 Å². The van der Waals surface area contributed by atoms with Gasteiger partial charge in [-0.3, -0.25) is 19.0 Å². The fourth-order valence-electron chi connectivity index (χ4n) is 3.13. The number of hydrogen-bond donors (Lipinski definition) is 1. The van der Waals surface area contributed by atoms with Crippen LogP contribution in [0.25, 0.3) is 16.6 Å². The molecule has 7 nitrogen and oxygen atoms in total. The molecule has 0 saturated carbocycles. The molecule has 0 aliphatic heterocycles. The zero-order valence-corrected chi connectivity index (χ0v) is 15.5. The van der Waals surface area contributed by atoms with Crippen LogP contribution in [0.3, 0.4) is 0 Å². The number of carbonyl (C=O) groups excluding carboxylic acids is 1. The van der Waals surface area contributed by atoms with E-state index in [0.29, 0.717) is 22.8 Å². The third-order valence-corrected chi connectivity index (χ3v) is 4.42. The number of rotatable bonds is 5. The first-order valence-corrected chi connectivity index (χ1v) is 8.76. The number of methoxy groups -OCH3 is 1. The lowest BCUT2D eigenvalue weighted by Gasteiger charge is -2.14. The van der Waals surface area contributed by atoms with E-state index in [0.717, 1.165) is 16.6 Å². The molecule has 0 spiro atoms. The van der Waals surface area contributed by atoms with Crippen LogP contribution in [-0.4, -0.2) is 27.3 Å². The fraction of sp³-hybridized carbons (Fsp3) is 0.143. The third-order valence-electron chi connectivity index (χ3n) is 4.42. The molecule has 0 unspecified atom stereocenters. The second-order valence-electron chi connectivity index (χ2n) is 6.43. The van der Waals surface area contributed by atoms with E-state index in [9.17, 15) is 9.59 Å². The topological polar surface area (TPSA) is 85.6 Å². The van der Waals surface area contributed by atoms with Crippen molar-refractivity contribution in [2.75, 3.05) is 12.4 Å². The lowest BCUT2D eigenvalue weighted by Crippen LogP contribution is -2.23. The Morgan fingerprint density at radius 3 is 2.86 bits per heavy atom. The van der Waals surface area contributed by atoms with Gasteiger partial charge in [-0.1, -0.05) is 6.07 Å². The minimum Gasteiger partial charge on any atom is -0.493 e. The van der Waals surface area contributed by atoms with Gasteiger partial charge in [0, 0.05) is 29.9 Å². The molecule has 0 aliphatic carbocycles. The SMILES string of the molecule is COc1cccn2c(=O)c(CC(C)=O)c(Nc3ccc4ncccc4c3)nc12. The van der Waals surface area contributed by atoms with Crippen molar-refractivity contribution >= 4 is 33.8 Å². The van der Waals surface area contributed by atoms with E-state index in [1.165, 1.54) is 18.4 Å². The van der Waals surface area contributed by atoms with Crippen LogP contribution >= 0.6 is 0 Å². The molecule has 4 rings (SSSR count). The molecule has 0 bridgehead atoms. The van der Waals surface area contributed by atoms with Gasteiger partial charge in [0.2, 0.25) is 0 Å². The molecule has 0 amide bonds. The normalized spacial score (nSPS) is 10.9. The summed E-state index contributed by atoms with van der Waals surface area (Å²) in [6.07, 6.45) is 3.34. The van der Waals surface area contributed by atoms with Crippen molar-refractivity contribution in [2.45, 2.75) is 13.3 Å². The Labute approximate surface area is 160 Å². The Morgan fingerprint density at radius 1 is 1.21 bits per heavy atom. The average molecular weight is 374 g/mol. The highest BCUT2D eigenvalue weighted by Gasteiger charge is 2.17. The van der Waals surface area contributed by atoms with E-state index in [2.05, 4.69) is 15.3 Å². The molecule has 3 aromatic heterocycles. The van der Waals surface area contributed by atoms with Gasteiger partial charge in [-0.25, -0.2) is 4.98 Å². The highest BCUT2D eigenvalue weighted by molar-refractivity contribution is 5.84. The maximum absolute atomic E-state index is 13.0. The summed E-state index contributed by atoms with van der Waals surface area (Å²) in [5.74, 6) is 0.695. The molecule has 0 radical (unpaired) electrons. The van der Waals surface area contributed by atoms with E-state index in [1.807, 2.05) is 30.3 Å². The summed E-state index contributed by atoms with van der Waals surface area (Å²) in [7, 11) is 1.52. The third kappa shape index (κ3) is 3.18. The number of ketones is 1. The molecule has 4 aromatic rings. The molecule has 1 N–H and O–H groups in total. The van der Waals surface area contributed by atoms with Crippen molar-refractivity contribution in [3.05, 3.63) is 70.8 Å². The average Bonchev–Trinajstić information content (AvgIpc) is 2.70. The maximum Gasteiger partial charge on any atom is 0.263 e. The summed E-state index contributed by atoms with van der Waals surface area (Å²) < 4.78 is 6.74. The summed E-state index contributed by atoms with van der Waals surface area (Å²) in [5.41, 5.74) is 2.00. The van der Waals surface area contributed by atoms with Crippen molar-refractivity contribution in [1.29, 1.82) is 0 Å². The first-order valence-electron chi connectivity index (χ1n) is 8.76. The summed E-state index contributed by atoms with van der Waals surface area (Å²) in [5, 5.41) is 4.15. The van der Waals surface area contributed by atoms with E-state index in [4.69, 9.17) is 4.74 Å². The van der Waals surface area contributed by atoms with Gasteiger partial charge < -0.3 is 10.1 Å². The molecule has 0 saturated heterocycles. The Hall–Kier alpha value is -3.74. The standard InChI is InChI=1S/C21H18N4O3/c1-13(26)11-16-19(23-15-7-8-17-14(12-15)5-3-9-22-17)24-20-18(28-2)6-4-10-25(20)21(16)27/h3-10,12,23H,11H2,1-2H3. The Kier molecular flexibility index (Phi) is 4.49. The number of aromatic nitrogens is 3. The van der Waals surface area contributed by atoms with Crippen molar-refractivity contribution in [3.63, 3.8) is 0 Å². The van der Waals surface area contributed by atoms with Crippen molar-refractivity contribution < 1.29 is 9.53 Å². The summed E-state index contributed by atoms with van der Waals surface area (Å²) in [4.78, 5) is 33.7. The number of carbonyl (C=O) groups is 1. The van der Waals surface area contributed by atoms with Gasteiger partial charge >= 0.3 is 0 Å². The van der Waals surface area contributed by atoms with Gasteiger partial charge in [0.1, 0.15) is 11.6 Å². The molecule has 0 fully saturated rings. The van der Waals surface area contributed by atoms with Crippen molar-refractivity contribution in [3.8, 4) is 5.75 Å². The van der Waals surface area contributed by atoms with Crippen LogP contribution in [0.4, 0.5) is 11.5 Å². The van der Waals surface area contributed by atoms with Crippen LogP contribution in [0.5, 0.6) is 5.75 Å². The fourth-order valence-corrected chi connectivity index (χ4v) is 3.13. The number of nitrogens with zero attached hydrogens (tertiary/aromatic N) is 3. The largest absolute Gasteiger partial charge is 0.493 e. The zero-order chi connectivity index (χ0) is 19.7. The predicted octanol–water partition coefficient (Wildman–Crippen LogP) is 3.13. The van der Waals surface area contributed by atoms with E-state index >= 15 is 0 Å². The minimum absolute atomic E-state index is 0.0105. The van der Waals surface area contributed by atoms with E-state index in [1.54, 1.807) is 24.5 Å². The van der Waals surface area contributed by atoms with Gasteiger partial charge in [0.25, 0.3) is 5.56 Å². The predicted molar refractivity (Wildman–Crippen MR) is 107 cm³/mol. The molecule has 1 aromatic carbocycles. The summed E-state index contributed by atoms with van der Waals surface area (Å²) >= 11 is 0. The lowest BCUT2D eigenvalue weighted by molar-refractivity contribution is -0.116.